The predicted octanol–water partition coefficient (Wildman–Crippen LogP) is 4.37. The number of amides is 3. The zero-order valence-corrected chi connectivity index (χ0v) is 27.4. The lowest BCUT2D eigenvalue weighted by molar-refractivity contribution is -0.151. The number of urea groups is 1. The summed E-state index contributed by atoms with van der Waals surface area (Å²) in [6.07, 6.45) is 9.94. The van der Waals surface area contributed by atoms with Crippen LogP contribution in [-0.2, 0) is 23.4 Å². The Morgan fingerprint density at radius 1 is 1.24 bits per heavy atom. The van der Waals surface area contributed by atoms with Gasteiger partial charge in [0.1, 0.15) is 6.54 Å². The minimum absolute atomic E-state index is 0.0628. The van der Waals surface area contributed by atoms with E-state index < -0.39 is 18.7 Å². The summed E-state index contributed by atoms with van der Waals surface area (Å²) < 4.78 is 25.4. The smallest absolute Gasteiger partial charge is 0.355 e. The third kappa shape index (κ3) is 8.31. The highest BCUT2D eigenvalue weighted by molar-refractivity contribution is 8.56. The Labute approximate surface area is 253 Å². The van der Waals surface area contributed by atoms with E-state index in [-0.39, 0.29) is 43.0 Å². The highest BCUT2D eigenvalue weighted by atomic mass is 32.7. The number of carbonyl (C=O) groups excluding carboxylic acids is 3. The van der Waals surface area contributed by atoms with E-state index in [2.05, 4.69) is 17.0 Å². The van der Waals surface area contributed by atoms with Crippen molar-refractivity contribution in [1.29, 1.82) is 5.26 Å². The van der Waals surface area contributed by atoms with Crippen LogP contribution in [0.15, 0.2) is 16.6 Å². The first kappa shape index (κ1) is 35.2. The summed E-state index contributed by atoms with van der Waals surface area (Å²) in [6, 6.07) is -0.517. The van der Waals surface area contributed by atoms with Gasteiger partial charge in [-0.1, -0.05) is 38.3 Å². The Morgan fingerprint density at radius 2 is 1.93 bits per heavy atom. The summed E-state index contributed by atoms with van der Waals surface area (Å²) in [6.45, 7) is 12.9. The van der Waals surface area contributed by atoms with Crippen molar-refractivity contribution in [2.24, 2.45) is 22.2 Å². The third-order valence-electron chi connectivity index (χ3n) is 7.10. The molecule has 1 saturated carbocycles. The lowest BCUT2D eigenvalue weighted by Crippen LogP contribution is -2.36. The van der Waals surface area contributed by atoms with Crippen molar-refractivity contribution in [2.75, 3.05) is 51.8 Å². The van der Waals surface area contributed by atoms with Crippen molar-refractivity contribution in [3.63, 3.8) is 0 Å². The number of terminal acetylenes is 1. The van der Waals surface area contributed by atoms with E-state index in [4.69, 9.17) is 20.9 Å². The maximum atomic E-state index is 13.0. The van der Waals surface area contributed by atoms with Crippen LogP contribution in [0, 0.1) is 41.0 Å². The van der Waals surface area contributed by atoms with E-state index in [0.717, 1.165) is 35.7 Å². The van der Waals surface area contributed by atoms with Crippen molar-refractivity contribution < 1.29 is 28.2 Å². The van der Waals surface area contributed by atoms with Crippen LogP contribution in [-0.4, -0.2) is 95.1 Å². The van der Waals surface area contributed by atoms with Gasteiger partial charge in [-0.2, -0.15) is 5.26 Å². The van der Waals surface area contributed by atoms with E-state index >= 15 is 0 Å². The Bertz CT molecular complexity index is 1200. The molecule has 0 N–H and O–H groups in total. The Balaban J connectivity index is 0.000000299. The Hall–Kier alpha value is -2.99. The fourth-order valence-electron chi connectivity index (χ4n) is 4.80. The molecule has 2 aliphatic heterocycles. The zero-order valence-electron chi connectivity index (χ0n) is 25.7. The van der Waals surface area contributed by atoms with Crippen molar-refractivity contribution >= 4 is 42.0 Å². The second kappa shape index (κ2) is 15.5. The van der Waals surface area contributed by atoms with Crippen LogP contribution < -0.4 is 0 Å². The van der Waals surface area contributed by atoms with Crippen LogP contribution in [0.5, 0.6) is 0 Å². The first-order valence-corrected chi connectivity index (χ1v) is 17.2. The summed E-state index contributed by atoms with van der Waals surface area (Å²) >= 11 is 1.33. The topological polar surface area (TPSA) is 136 Å². The molecule has 3 rings (SSSR count). The largest absolute Gasteiger partial charge is 0.443 e. The molecule has 232 valence electrons. The van der Waals surface area contributed by atoms with Crippen molar-refractivity contribution in [2.45, 2.75) is 54.9 Å². The normalized spacial score (nSPS) is 23.1. The number of aliphatic imine (C=N–C) groups is 1. The van der Waals surface area contributed by atoms with Crippen molar-refractivity contribution in [3.05, 3.63) is 11.6 Å². The maximum absolute atomic E-state index is 13.0. The molecule has 42 heavy (non-hydrogen) atoms. The standard InChI is InChI=1S/C17H22N2O4.C11H21N4O2PS/c1-6-7-18-9-13(20)19(16(18)22)10-23-15(21)14-12(8-11(2)3)17(14,4)5;1-4-9-19-18(16,17-6-3)15-8-7-14(5-2)11(15)13-10-12/h1,8,12,14H,7,9-10H2,2-5H3;4-9H2,1-3H3/b;13-11+. The third-order valence-corrected chi connectivity index (χ3v) is 12.0. The van der Waals surface area contributed by atoms with Crippen LogP contribution in [0.3, 0.4) is 0 Å². The Kier molecular flexibility index (Phi) is 13.0. The molecule has 0 bridgehead atoms. The van der Waals surface area contributed by atoms with Gasteiger partial charge in [0.25, 0.3) is 5.91 Å². The van der Waals surface area contributed by atoms with Crippen LogP contribution >= 0.6 is 18.1 Å². The second-order valence-corrected chi connectivity index (χ2v) is 15.3. The lowest BCUT2D eigenvalue weighted by atomic mass is 10.1. The number of carbonyl (C=O) groups is 3. The van der Waals surface area contributed by atoms with Gasteiger partial charge in [0.15, 0.2) is 6.73 Å². The van der Waals surface area contributed by atoms with Crippen LogP contribution in [0.4, 0.5) is 4.79 Å². The summed E-state index contributed by atoms with van der Waals surface area (Å²) in [4.78, 5) is 43.9. The molecule has 3 fully saturated rings. The number of nitrogens with zero attached hydrogens (tertiary/aromatic N) is 6. The van der Waals surface area contributed by atoms with Gasteiger partial charge in [0, 0.05) is 25.4 Å². The predicted molar refractivity (Wildman–Crippen MR) is 163 cm³/mol. The van der Waals surface area contributed by atoms with Gasteiger partial charge in [0.2, 0.25) is 12.2 Å². The second-order valence-electron chi connectivity index (χ2n) is 10.8. The molecule has 14 heteroatoms. The van der Waals surface area contributed by atoms with Gasteiger partial charge in [-0.15, -0.1) is 11.4 Å². The van der Waals surface area contributed by atoms with Crippen LogP contribution in [0.2, 0.25) is 0 Å². The summed E-state index contributed by atoms with van der Waals surface area (Å²) in [7, 11) is 0. The van der Waals surface area contributed by atoms with E-state index in [1.165, 1.54) is 16.3 Å². The molecule has 2 saturated heterocycles. The minimum Gasteiger partial charge on any atom is -0.443 e. The quantitative estimate of drug-likeness (QED) is 0.0771. The van der Waals surface area contributed by atoms with Gasteiger partial charge in [-0.3, -0.25) is 18.8 Å². The first-order chi connectivity index (χ1) is 19.8. The van der Waals surface area contributed by atoms with Crippen LogP contribution in [0.1, 0.15) is 54.9 Å². The Morgan fingerprint density at radius 3 is 2.48 bits per heavy atom. The van der Waals surface area contributed by atoms with Gasteiger partial charge in [-0.25, -0.2) is 9.69 Å². The van der Waals surface area contributed by atoms with E-state index in [1.54, 1.807) is 10.9 Å². The van der Waals surface area contributed by atoms with E-state index in [9.17, 15) is 18.9 Å². The maximum Gasteiger partial charge on any atom is 0.355 e. The summed E-state index contributed by atoms with van der Waals surface area (Å²) in [5, 5.41) is 8.80. The molecule has 0 aromatic carbocycles. The number of allylic oxidation sites excluding steroid dienone is 2. The van der Waals surface area contributed by atoms with Crippen molar-refractivity contribution in [3.8, 4) is 18.5 Å². The van der Waals surface area contributed by atoms with Gasteiger partial charge in [0.05, 0.1) is 19.1 Å². The van der Waals surface area contributed by atoms with E-state index in [1.807, 2.05) is 53.4 Å². The number of likely N-dealkylation sites (N-methyl/N-ethyl adjacent to an activating group) is 1. The fourth-order valence-corrected chi connectivity index (χ4v) is 9.28. The number of ether oxygens (including phenoxy) is 1. The minimum atomic E-state index is -2.99. The monoisotopic (exact) mass is 622 g/mol. The molecule has 2 heterocycles. The molecule has 3 unspecified atom stereocenters. The molecule has 0 spiro atoms. The lowest BCUT2D eigenvalue weighted by Gasteiger charge is -2.28. The molecule has 12 nitrogen and oxygen atoms in total. The van der Waals surface area contributed by atoms with Gasteiger partial charge in [-0.05, 0) is 56.8 Å². The molecular formula is C28H43N6O6PS. The molecule has 3 atom stereocenters. The summed E-state index contributed by atoms with van der Waals surface area (Å²) in [5.41, 5.74) is 0.983. The average Bonchev–Trinajstić information content (AvgIpc) is 3.17. The number of hydrogen-bond acceptors (Lipinski definition) is 9. The molecule has 0 aromatic heterocycles. The molecule has 3 aliphatic rings. The first-order valence-electron chi connectivity index (χ1n) is 14.1. The van der Waals surface area contributed by atoms with Crippen molar-refractivity contribution in [1.82, 2.24) is 19.4 Å². The number of imide groups is 1. The highest BCUT2D eigenvalue weighted by Crippen LogP contribution is 2.63. The number of esters is 1. The molecule has 3 amide bonds. The van der Waals surface area contributed by atoms with Gasteiger partial charge < -0.3 is 19.1 Å². The number of hydrogen-bond donors (Lipinski definition) is 0. The SMILES string of the molecule is C#CCN1CC(=O)N(COC(=O)C2C(C=C(C)C)C2(C)C)C1=O.CCCSP(=O)(OCC)N1CCN(CC)/C1=N\C#N. The van der Waals surface area contributed by atoms with E-state index in [0.29, 0.717) is 19.1 Å². The van der Waals surface area contributed by atoms with Gasteiger partial charge >= 0.3 is 18.7 Å². The fraction of sp³-hybridized carbons (Fsp3) is 0.679. The highest BCUT2D eigenvalue weighted by Gasteiger charge is 2.61. The zero-order chi connectivity index (χ0) is 31.7. The summed E-state index contributed by atoms with van der Waals surface area (Å²) in [5.74, 6) is 2.66. The molecule has 0 radical (unpaired) electrons. The average molecular weight is 623 g/mol. The van der Waals surface area contributed by atoms with Crippen LogP contribution in [0.25, 0.3) is 0 Å². The number of nitriles is 1. The molecular weight excluding hydrogens is 579 g/mol. The number of rotatable bonds is 12. The molecule has 0 aromatic rings. The number of guanidine groups is 1. The molecule has 1 aliphatic carbocycles.